The molecule has 0 fully saturated rings. The number of nitro benzene ring substituents is 1. The van der Waals surface area contributed by atoms with Crippen molar-refractivity contribution in [3.63, 3.8) is 0 Å². The number of amides is 2. The molecule has 11 nitrogen and oxygen atoms in total. The topological polar surface area (TPSA) is 139 Å². The number of anilines is 1. The third-order valence-electron chi connectivity index (χ3n) is 7.11. The van der Waals surface area contributed by atoms with Gasteiger partial charge in [0.2, 0.25) is 11.8 Å². The molecule has 2 amide bonds. The minimum Gasteiger partial charge on any atom is -0.497 e. The number of rotatable bonds is 13. The lowest BCUT2D eigenvalue weighted by Crippen LogP contribution is -2.52. The quantitative estimate of drug-likeness (QED) is 0.181. The molecular formula is C30H34Cl2N4O7S. The Morgan fingerprint density at radius 2 is 1.68 bits per heavy atom. The number of hydrogen-bond acceptors (Lipinski definition) is 7. The van der Waals surface area contributed by atoms with Crippen LogP contribution in [0.3, 0.4) is 0 Å². The predicted molar refractivity (Wildman–Crippen MR) is 170 cm³/mol. The van der Waals surface area contributed by atoms with Crippen molar-refractivity contribution in [3.8, 4) is 5.75 Å². The van der Waals surface area contributed by atoms with E-state index in [1.807, 2.05) is 13.8 Å². The lowest BCUT2D eigenvalue weighted by molar-refractivity contribution is -0.385. The molecule has 0 heterocycles. The van der Waals surface area contributed by atoms with E-state index in [0.29, 0.717) is 22.8 Å². The van der Waals surface area contributed by atoms with Gasteiger partial charge in [0.15, 0.2) is 0 Å². The molecule has 3 rings (SSSR count). The fourth-order valence-electron chi connectivity index (χ4n) is 4.23. The predicted octanol–water partition coefficient (Wildman–Crippen LogP) is 5.75. The monoisotopic (exact) mass is 664 g/mol. The molecular weight excluding hydrogens is 631 g/mol. The first kappa shape index (κ1) is 34.6. The van der Waals surface area contributed by atoms with Crippen LogP contribution in [-0.4, -0.2) is 55.8 Å². The maximum Gasteiger partial charge on any atom is 0.273 e. The molecule has 2 atom stereocenters. The second-order valence-corrected chi connectivity index (χ2v) is 12.9. The number of benzene rings is 3. The third-order valence-corrected chi connectivity index (χ3v) is 9.62. The summed E-state index contributed by atoms with van der Waals surface area (Å²) in [4.78, 5) is 39.0. The van der Waals surface area contributed by atoms with Crippen LogP contribution in [0.2, 0.25) is 10.0 Å². The van der Waals surface area contributed by atoms with Crippen molar-refractivity contribution in [1.29, 1.82) is 0 Å². The zero-order chi connectivity index (χ0) is 32.8. The normalized spacial score (nSPS) is 12.6. The summed E-state index contributed by atoms with van der Waals surface area (Å²) < 4.78 is 34.1. The molecule has 3 aromatic rings. The van der Waals surface area contributed by atoms with Crippen LogP contribution in [0.25, 0.3) is 0 Å². The lowest BCUT2D eigenvalue weighted by atomic mass is 10.1. The fourth-order valence-corrected chi connectivity index (χ4v) is 5.99. The maximum atomic E-state index is 14.1. The van der Waals surface area contributed by atoms with Gasteiger partial charge in [-0.3, -0.25) is 24.0 Å². The minimum absolute atomic E-state index is 0.0860. The molecule has 0 bridgehead atoms. The first-order chi connectivity index (χ1) is 20.7. The number of aryl methyl sites for hydroxylation is 1. The van der Waals surface area contributed by atoms with Crippen LogP contribution in [0, 0.1) is 17.0 Å². The van der Waals surface area contributed by atoms with Crippen LogP contribution in [0.4, 0.5) is 11.4 Å². The van der Waals surface area contributed by atoms with E-state index < -0.39 is 39.3 Å². The molecule has 14 heteroatoms. The van der Waals surface area contributed by atoms with Crippen molar-refractivity contribution in [3.05, 3.63) is 92.0 Å². The SMILES string of the molecule is CC[C@H](C)NC(=O)[C@@H](C)N(Cc1ccc(Cl)c(Cl)c1)C(=O)CN(c1ccc(OC)cc1)S(=O)(=O)c1ccc(C)c([N+](=O)[O-])c1. The molecule has 0 aliphatic carbocycles. The summed E-state index contributed by atoms with van der Waals surface area (Å²) >= 11 is 12.3. The first-order valence-corrected chi connectivity index (χ1v) is 15.8. The summed E-state index contributed by atoms with van der Waals surface area (Å²) in [6, 6.07) is 13.1. The second kappa shape index (κ2) is 14.7. The number of methoxy groups -OCH3 is 1. The average molecular weight is 666 g/mol. The van der Waals surface area contributed by atoms with Gasteiger partial charge in [-0.15, -0.1) is 0 Å². The van der Waals surface area contributed by atoms with Crippen LogP contribution >= 0.6 is 23.2 Å². The Morgan fingerprint density at radius 3 is 2.25 bits per heavy atom. The van der Waals surface area contributed by atoms with Crippen molar-refractivity contribution in [2.75, 3.05) is 18.0 Å². The summed E-state index contributed by atoms with van der Waals surface area (Å²) in [5, 5.41) is 15.0. The lowest BCUT2D eigenvalue weighted by Gasteiger charge is -2.32. The maximum absolute atomic E-state index is 14.1. The minimum atomic E-state index is -4.53. The number of halogens is 2. The van der Waals surface area contributed by atoms with Gasteiger partial charge in [0, 0.05) is 24.2 Å². The van der Waals surface area contributed by atoms with Crippen molar-refractivity contribution in [2.45, 2.75) is 57.6 Å². The smallest absolute Gasteiger partial charge is 0.273 e. The van der Waals surface area contributed by atoms with Crippen LogP contribution in [0.1, 0.15) is 38.3 Å². The molecule has 0 aliphatic heterocycles. The summed E-state index contributed by atoms with van der Waals surface area (Å²) in [6.07, 6.45) is 0.658. The Hall–Kier alpha value is -3.87. The average Bonchev–Trinajstić information content (AvgIpc) is 2.99. The number of nitro groups is 1. The fraction of sp³-hybridized carbons (Fsp3) is 0.333. The van der Waals surface area contributed by atoms with Gasteiger partial charge in [-0.25, -0.2) is 8.42 Å². The van der Waals surface area contributed by atoms with Crippen molar-refractivity contribution < 1.29 is 27.7 Å². The summed E-state index contributed by atoms with van der Waals surface area (Å²) in [5.41, 5.74) is 0.552. The van der Waals surface area contributed by atoms with Crippen LogP contribution in [0.15, 0.2) is 65.6 Å². The highest BCUT2D eigenvalue weighted by Crippen LogP contribution is 2.30. The van der Waals surface area contributed by atoms with E-state index in [-0.39, 0.29) is 39.4 Å². The molecule has 1 N–H and O–H groups in total. The van der Waals surface area contributed by atoms with Crippen LogP contribution in [-0.2, 0) is 26.2 Å². The van der Waals surface area contributed by atoms with Gasteiger partial charge in [0.25, 0.3) is 15.7 Å². The zero-order valence-corrected chi connectivity index (χ0v) is 27.2. The Bertz CT molecular complexity index is 1630. The molecule has 236 valence electrons. The Balaban J connectivity index is 2.10. The summed E-state index contributed by atoms with van der Waals surface area (Å²) in [7, 11) is -3.08. The van der Waals surface area contributed by atoms with E-state index in [2.05, 4.69) is 5.32 Å². The first-order valence-electron chi connectivity index (χ1n) is 13.6. The summed E-state index contributed by atoms with van der Waals surface area (Å²) in [6.45, 7) is 5.96. The van der Waals surface area contributed by atoms with E-state index >= 15 is 0 Å². The van der Waals surface area contributed by atoms with E-state index in [1.54, 1.807) is 25.1 Å². The number of carbonyl (C=O) groups is 2. The van der Waals surface area contributed by atoms with Gasteiger partial charge < -0.3 is 15.0 Å². The molecule has 44 heavy (non-hydrogen) atoms. The van der Waals surface area contributed by atoms with Gasteiger partial charge in [0.05, 0.1) is 32.7 Å². The van der Waals surface area contributed by atoms with E-state index in [9.17, 15) is 28.1 Å². The Morgan fingerprint density at radius 1 is 1.02 bits per heavy atom. The van der Waals surface area contributed by atoms with Gasteiger partial charge in [-0.05, 0) is 75.2 Å². The highest BCUT2D eigenvalue weighted by Gasteiger charge is 2.33. The van der Waals surface area contributed by atoms with Gasteiger partial charge >= 0.3 is 0 Å². The van der Waals surface area contributed by atoms with Crippen molar-refractivity contribution >= 4 is 56.4 Å². The van der Waals surface area contributed by atoms with Crippen molar-refractivity contribution in [1.82, 2.24) is 10.2 Å². The number of hydrogen-bond donors (Lipinski definition) is 1. The second-order valence-electron chi connectivity index (χ2n) is 10.2. The molecule has 0 aliphatic rings. The summed E-state index contributed by atoms with van der Waals surface area (Å²) in [5.74, 6) is -0.690. The molecule has 0 unspecified atom stereocenters. The third kappa shape index (κ3) is 8.19. The van der Waals surface area contributed by atoms with Crippen molar-refractivity contribution in [2.24, 2.45) is 0 Å². The van der Waals surface area contributed by atoms with Gasteiger partial charge in [0.1, 0.15) is 18.3 Å². The number of carbonyl (C=O) groups excluding carboxylic acids is 2. The number of nitrogens with zero attached hydrogens (tertiary/aromatic N) is 3. The van der Waals surface area contributed by atoms with E-state index in [4.69, 9.17) is 27.9 Å². The largest absolute Gasteiger partial charge is 0.497 e. The van der Waals surface area contributed by atoms with E-state index in [0.717, 1.165) is 10.4 Å². The van der Waals surface area contributed by atoms with Crippen LogP contribution in [0.5, 0.6) is 5.75 Å². The standard InChI is InChI=1S/C30H34Cl2N4O7S/c1-6-20(3)33-30(38)21(4)34(17-22-8-14-26(31)27(32)15-22)29(37)18-35(23-9-11-24(43-5)12-10-23)44(41,42)25-13-7-19(2)28(16-25)36(39)40/h7-16,20-21H,6,17-18H2,1-5H3,(H,33,38)/t20-,21+/m0/s1. The zero-order valence-electron chi connectivity index (χ0n) is 24.9. The van der Waals surface area contributed by atoms with Crippen LogP contribution < -0.4 is 14.4 Å². The number of ether oxygens (including phenoxy) is 1. The molecule has 0 saturated heterocycles. The molecule has 0 saturated carbocycles. The van der Waals surface area contributed by atoms with E-state index in [1.165, 1.54) is 55.3 Å². The number of sulfonamides is 1. The number of nitrogens with one attached hydrogen (secondary N) is 1. The van der Waals surface area contributed by atoms with Gasteiger partial charge in [-0.2, -0.15) is 0 Å². The highest BCUT2D eigenvalue weighted by atomic mass is 35.5. The molecule has 3 aromatic carbocycles. The molecule has 0 aromatic heterocycles. The Kier molecular flexibility index (Phi) is 11.6. The molecule has 0 radical (unpaired) electrons. The molecule has 0 spiro atoms. The van der Waals surface area contributed by atoms with Gasteiger partial charge in [-0.1, -0.05) is 42.3 Å². The Labute approximate surface area is 266 Å². The highest BCUT2D eigenvalue weighted by molar-refractivity contribution is 7.92.